The molecular weight excluding hydrogens is 386 g/mol. The standard InChI is InChI=1S/C22H27N3O5/c1-28-18-7-3-16(4-8-18)24-20(26)15-23-21(27)22(11-13-30-14-12-22)25-17-5-9-19(29-2)10-6-17/h3-10,25H,11-15H2,1-2H3,(H,23,27)(H,24,26). The number of methoxy groups -OCH3 is 2. The molecule has 2 amide bonds. The van der Waals surface area contributed by atoms with Crippen LogP contribution >= 0.6 is 0 Å². The second kappa shape index (κ2) is 9.98. The van der Waals surface area contributed by atoms with Crippen molar-refractivity contribution in [2.24, 2.45) is 0 Å². The van der Waals surface area contributed by atoms with Gasteiger partial charge in [0, 0.05) is 37.4 Å². The van der Waals surface area contributed by atoms with Crippen LogP contribution in [-0.2, 0) is 14.3 Å². The van der Waals surface area contributed by atoms with Gasteiger partial charge in [-0.05, 0) is 48.5 Å². The summed E-state index contributed by atoms with van der Waals surface area (Å²) < 4.78 is 15.7. The largest absolute Gasteiger partial charge is 0.497 e. The third kappa shape index (κ3) is 5.42. The van der Waals surface area contributed by atoms with E-state index >= 15 is 0 Å². The minimum Gasteiger partial charge on any atom is -0.497 e. The number of nitrogens with one attached hydrogen (secondary N) is 3. The smallest absolute Gasteiger partial charge is 0.246 e. The lowest BCUT2D eigenvalue weighted by molar-refractivity contribution is -0.130. The summed E-state index contributed by atoms with van der Waals surface area (Å²) in [7, 11) is 3.18. The molecule has 0 radical (unpaired) electrons. The zero-order valence-electron chi connectivity index (χ0n) is 17.2. The van der Waals surface area contributed by atoms with Gasteiger partial charge in [-0.3, -0.25) is 9.59 Å². The van der Waals surface area contributed by atoms with Crippen LogP contribution in [-0.4, -0.2) is 51.3 Å². The Labute approximate surface area is 175 Å². The molecule has 1 aliphatic heterocycles. The Morgan fingerprint density at radius 1 is 0.900 bits per heavy atom. The van der Waals surface area contributed by atoms with E-state index in [2.05, 4.69) is 16.0 Å². The molecule has 2 aromatic rings. The van der Waals surface area contributed by atoms with Gasteiger partial charge in [-0.1, -0.05) is 0 Å². The van der Waals surface area contributed by atoms with Crippen LogP contribution in [0.25, 0.3) is 0 Å². The average molecular weight is 413 g/mol. The van der Waals surface area contributed by atoms with Gasteiger partial charge in [0.2, 0.25) is 11.8 Å². The number of benzene rings is 2. The van der Waals surface area contributed by atoms with E-state index in [0.29, 0.717) is 37.5 Å². The van der Waals surface area contributed by atoms with E-state index in [1.165, 1.54) is 0 Å². The maximum atomic E-state index is 13.0. The SMILES string of the molecule is COc1ccc(NC(=O)CNC(=O)C2(Nc3ccc(OC)cc3)CCOCC2)cc1. The van der Waals surface area contributed by atoms with Crippen LogP contribution in [0, 0.1) is 0 Å². The van der Waals surface area contributed by atoms with E-state index in [9.17, 15) is 9.59 Å². The molecule has 0 aliphatic carbocycles. The molecule has 0 aromatic heterocycles. The first kappa shape index (κ1) is 21.4. The van der Waals surface area contributed by atoms with Gasteiger partial charge in [-0.2, -0.15) is 0 Å². The molecule has 160 valence electrons. The van der Waals surface area contributed by atoms with Crippen molar-refractivity contribution in [1.29, 1.82) is 0 Å². The number of carbonyl (C=O) groups excluding carboxylic acids is 2. The summed E-state index contributed by atoms with van der Waals surface area (Å²) in [5.41, 5.74) is 0.593. The average Bonchev–Trinajstić information content (AvgIpc) is 2.79. The minimum atomic E-state index is -0.840. The van der Waals surface area contributed by atoms with E-state index in [4.69, 9.17) is 14.2 Å². The van der Waals surface area contributed by atoms with Crippen LogP contribution in [0.4, 0.5) is 11.4 Å². The summed E-state index contributed by atoms with van der Waals surface area (Å²) >= 11 is 0. The molecule has 3 rings (SSSR count). The quantitative estimate of drug-likeness (QED) is 0.615. The lowest BCUT2D eigenvalue weighted by atomic mass is 9.88. The van der Waals surface area contributed by atoms with E-state index in [1.807, 2.05) is 24.3 Å². The fourth-order valence-corrected chi connectivity index (χ4v) is 3.29. The summed E-state index contributed by atoms with van der Waals surface area (Å²) in [6, 6.07) is 14.4. The van der Waals surface area contributed by atoms with Gasteiger partial charge in [0.05, 0.1) is 20.8 Å². The zero-order valence-corrected chi connectivity index (χ0v) is 17.2. The Hall–Kier alpha value is -3.26. The van der Waals surface area contributed by atoms with Gasteiger partial charge in [0.25, 0.3) is 0 Å². The predicted octanol–water partition coefficient (Wildman–Crippen LogP) is 2.42. The van der Waals surface area contributed by atoms with Crippen LogP contribution in [0.15, 0.2) is 48.5 Å². The van der Waals surface area contributed by atoms with Gasteiger partial charge in [0.1, 0.15) is 17.0 Å². The Balaban J connectivity index is 1.60. The monoisotopic (exact) mass is 413 g/mol. The number of hydrogen-bond acceptors (Lipinski definition) is 6. The molecule has 1 heterocycles. The number of rotatable bonds is 8. The van der Waals surface area contributed by atoms with Crippen LogP contribution in [0.3, 0.4) is 0 Å². The third-order valence-electron chi connectivity index (χ3n) is 5.04. The summed E-state index contributed by atoms with van der Waals surface area (Å²) in [5, 5.41) is 8.86. The number of amides is 2. The summed E-state index contributed by atoms with van der Waals surface area (Å²) in [5.74, 6) is 0.903. The van der Waals surface area contributed by atoms with Crippen LogP contribution in [0.2, 0.25) is 0 Å². The van der Waals surface area contributed by atoms with Crippen LogP contribution in [0.5, 0.6) is 11.5 Å². The fourth-order valence-electron chi connectivity index (χ4n) is 3.29. The fraction of sp³-hybridized carbons (Fsp3) is 0.364. The molecule has 0 spiro atoms. The van der Waals surface area contributed by atoms with Gasteiger partial charge in [0.15, 0.2) is 0 Å². The Morgan fingerprint density at radius 3 is 1.97 bits per heavy atom. The molecule has 1 fully saturated rings. The molecule has 8 nitrogen and oxygen atoms in total. The zero-order chi connectivity index (χ0) is 21.4. The lowest BCUT2D eigenvalue weighted by Crippen LogP contribution is -2.56. The van der Waals surface area contributed by atoms with Crippen molar-refractivity contribution < 1.29 is 23.8 Å². The molecular formula is C22H27N3O5. The molecule has 30 heavy (non-hydrogen) atoms. The lowest BCUT2D eigenvalue weighted by Gasteiger charge is -2.37. The highest BCUT2D eigenvalue weighted by atomic mass is 16.5. The molecule has 1 aliphatic rings. The highest BCUT2D eigenvalue weighted by molar-refractivity contribution is 5.97. The highest BCUT2D eigenvalue weighted by Crippen LogP contribution is 2.27. The Bertz CT molecular complexity index is 846. The normalized spacial score (nSPS) is 15.0. The molecule has 2 aromatic carbocycles. The number of anilines is 2. The van der Waals surface area contributed by atoms with Crippen LogP contribution < -0.4 is 25.4 Å². The van der Waals surface area contributed by atoms with Crippen molar-refractivity contribution in [3.8, 4) is 11.5 Å². The summed E-state index contributed by atoms with van der Waals surface area (Å²) in [4.78, 5) is 25.3. The van der Waals surface area contributed by atoms with E-state index in [0.717, 1.165) is 11.4 Å². The van der Waals surface area contributed by atoms with Gasteiger partial charge >= 0.3 is 0 Å². The molecule has 0 bridgehead atoms. The van der Waals surface area contributed by atoms with Gasteiger partial charge in [-0.25, -0.2) is 0 Å². The first-order valence-electron chi connectivity index (χ1n) is 9.77. The number of ether oxygens (including phenoxy) is 3. The second-order valence-corrected chi connectivity index (χ2v) is 7.01. The summed E-state index contributed by atoms with van der Waals surface area (Å²) in [6.45, 7) is 0.807. The molecule has 0 atom stereocenters. The highest BCUT2D eigenvalue weighted by Gasteiger charge is 2.40. The van der Waals surface area contributed by atoms with Crippen LogP contribution in [0.1, 0.15) is 12.8 Å². The first-order chi connectivity index (χ1) is 14.5. The molecule has 0 saturated carbocycles. The summed E-state index contributed by atoms with van der Waals surface area (Å²) in [6.07, 6.45) is 1.01. The first-order valence-corrected chi connectivity index (χ1v) is 9.77. The maximum Gasteiger partial charge on any atom is 0.246 e. The van der Waals surface area contributed by atoms with Crippen molar-refractivity contribution >= 4 is 23.2 Å². The second-order valence-electron chi connectivity index (χ2n) is 7.01. The third-order valence-corrected chi connectivity index (χ3v) is 5.04. The van der Waals surface area contributed by atoms with Crippen molar-refractivity contribution in [3.63, 3.8) is 0 Å². The van der Waals surface area contributed by atoms with E-state index in [-0.39, 0.29) is 18.4 Å². The maximum absolute atomic E-state index is 13.0. The predicted molar refractivity (Wildman–Crippen MR) is 114 cm³/mol. The molecule has 8 heteroatoms. The van der Waals surface area contributed by atoms with Crippen molar-refractivity contribution in [3.05, 3.63) is 48.5 Å². The van der Waals surface area contributed by atoms with Crippen molar-refractivity contribution in [1.82, 2.24) is 5.32 Å². The van der Waals surface area contributed by atoms with Gasteiger partial charge in [-0.15, -0.1) is 0 Å². The molecule has 0 unspecified atom stereocenters. The Morgan fingerprint density at radius 2 is 1.43 bits per heavy atom. The van der Waals surface area contributed by atoms with Gasteiger partial charge < -0.3 is 30.2 Å². The molecule has 3 N–H and O–H groups in total. The minimum absolute atomic E-state index is 0.127. The molecule has 1 saturated heterocycles. The Kier molecular flexibility index (Phi) is 7.13. The van der Waals surface area contributed by atoms with E-state index < -0.39 is 5.54 Å². The van der Waals surface area contributed by atoms with E-state index in [1.54, 1.807) is 38.5 Å². The topological polar surface area (TPSA) is 97.9 Å². The van der Waals surface area contributed by atoms with Crippen molar-refractivity contribution in [2.45, 2.75) is 18.4 Å². The number of hydrogen-bond donors (Lipinski definition) is 3. The van der Waals surface area contributed by atoms with Crippen molar-refractivity contribution in [2.75, 3.05) is 44.6 Å². The number of carbonyl (C=O) groups is 2.